The van der Waals surface area contributed by atoms with E-state index in [0.29, 0.717) is 41.9 Å². The third-order valence-electron chi connectivity index (χ3n) is 6.38. The summed E-state index contributed by atoms with van der Waals surface area (Å²) < 4.78 is 28.3. The van der Waals surface area contributed by atoms with Gasteiger partial charge in [0, 0.05) is 31.0 Å². The molecular formula is C24H28FN5O5. The Labute approximate surface area is 201 Å². The van der Waals surface area contributed by atoms with Gasteiger partial charge in [0.1, 0.15) is 11.4 Å². The smallest absolute Gasteiger partial charge is 0.411 e. The van der Waals surface area contributed by atoms with Crippen molar-refractivity contribution in [2.45, 2.75) is 51.3 Å². The molecule has 10 nitrogen and oxygen atoms in total. The lowest BCUT2D eigenvalue weighted by atomic mass is 9.89. The quantitative estimate of drug-likeness (QED) is 0.701. The highest BCUT2D eigenvalue weighted by atomic mass is 19.1. The number of imide groups is 1. The van der Waals surface area contributed by atoms with Crippen LogP contribution in [0.2, 0.25) is 0 Å². The molecule has 35 heavy (non-hydrogen) atoms. The predicted molar refractivity (Wildman–Crippen MR) is 125 cm³/mol. The maximum absolute atomic E-state index is 15.5. The van der Waals surface area contributed by atoms with E-state index in [2.05, 4.69) is 10.4 Å². The van der Waals surface area contributed by atoms with E-state index in [1.807, 2.05) is 26.8 Å². The number of halogens is 1. The number of benzene rings is 1. The number of hydrogen-bond acceptors (Lipinski definition) is 6. The van der Waals surface area contributed by atoms with Crippen LogP contribution in [0.25, 0.3) is 16.5 Å². The van der Waals surface area contributed by atoms with Gasteiger partial charge < -0.3 is 9.47 Å². The number of rotatable bonds is 2. The highest BCUT2D eigenvalue weighted by molar-refractivity contribution is 6.09. The monoisotopic (exact) mass is 485 g/mol. The van der Waals surface area contributed by atoms with Crippen molar-refractivity contribution in [1.82, 2.24) is 20.0 Å². The molecule has 11 heteroatoms. The van der Waals surface area contributed by atoms with Gasteiger partial charge in [-0.25, -0.2) is 14.0 Å². The number of carbonyl (C=O) groups excluding carboxylic acids is 3. The maximum atomic E-state index is 15.5. The molecule has 1 aromatic heterocycles. The van der Waals surface area contributed by atoms with Crippen molar-refractivity contribution in [2.75, 3.05) is 24.7 Å². The van der Waals surface area contributed by atoms with Crippen molar-refractivity contribution in [3.8, 4) is 0 Å². The molecule has 1 aromatic carbocycles. The fraction of sp³-hybridized carbons (Fsp3) is 0.500. The minimum atomic E-state index is -0.622. The fourth-order valence-electron chi connectivity index (χ4n) is 4.87. The van der Waals surface area contributed by atoms with E-state index in [-0.39, 0.29) is 31.0 Å². The number of hydrogen-bond donors (Lipinski definition) is 1. The van der Waals surface area contributed by atoms with Crippen molar-refractivity contribution in [3.63, 3.8) is 0 Å². The van der Waals surface area contributed by atoms with Crippen LogP contribution in [0.3, 0.4) is 0 Å². The summed E-state index contributed by atoms with van der Waals surface area (Å²) in [6.45, 7) is 6.29. The molecule has 0 saturated carbocycles. The number of urea groups is 1. The normalized spacial score (nSPS) is 22.8. The van der Waals surface area contributed by atoms with Gasteiger partial charge in [-0.2, -0.15) is 5.10 Å². The van der Waals surface area contributed by atoms with E-state index >= 15 is 4.39 Å². The Morgan fingerprint density at radius 2 is 2.03 bits per heavy atom. The van der Waals surface area contributed by atoms with Crippen LogP contribution in [-0.2, 0) is 21.3 Å². The number of nitrogens with zero attached hydrogens (tertiary/aromatic N) is 4. The first kappa shape index (κ1) is 23.3. The lowest BCUT2D eigenvalue weighted by Crippen LogP contribution is -2.57. The zero-order valence-electron chi connectivity index (χ0n) is 20.1. The zero-order chi connectivity index (χ0) is 25.1. The predicted octanol–water partition coefficient (Wildman–Crippen LogP) is 2.95. The molecule has 2 bridgehead atoms. The standard InChI is InChI=1S/C24H28FN5O5/c1-24(2,3)35-23(33)30-14-7-13(8-15(30)12-34-11-14)16-10-19-17(9-18(16)25)21(27-28(19)4)29-6-5-20(31)26-22(29)32/h7,9-10,14-15H,5-6,8,11-12H2,1-4H3,(H,26,31,32). The number of morpholine rings is 1. The maximum Gasteiger partial charge on any atom is 0.411 e. The molecule has 2 atom stereocenters. The second-order valence-corrected chi connectivity index (χ2v) is 10.1. The molecule has 0 aliphatic carbocycles. The van der Waals surface area contributed by atoms with Crippen molar-refractivity contribution >= 4 is 40.3 Å². The van der Waals surface area contributed by atoms with Gasteiger partial charge in [0.2, 0.25) is 5.91 Å². The summed E-state index contributed by atoms with van der Waals surface area (Å²) in [5.74, 6) is -0.493. The van der Waals surface area contributed by atoms with E-state index in [1.54, 1.807) is 22.7 Å². The number of amides is 4. The SMILES string of the molecule is Cn1nc(N2CCC(=O)NC2=O)c2cc(F)c(C3=CC4COCC(C3)N4C(=O)OC(C)(C)C)cc21. The molecule has 0 spiro atoms. The highest BCUT2D eigenvalue weighted by Gasteiger charge is 2.40. The highest BCUT2D eigenvalue weighted by Crippen LogP contribution is 2.37. The fourth-order valence-corrected chi connectivity index (χ4v) is 4.87. The summed E-state index contributed by atoms with van der Waals surface area (Å²) in [5, 5.41) is 7.19. The van der Waals surface area contributed by atoms with Crippen molar-refractivity contribution in [1.29, 1.82) is 0 Å². The van der Waals surface area contributed by atoms with Crippen LogP contribution in [0.1, 0.15) is 39.2 Å². The van der Waals surface area contributed by atoms with Crippen molar-refractivity contribution < 1.29 is 28.2 Å². The van der Waals surface area contributed by atoms with Crippen LogP contribution in [-0.4, -0.2) is 70.2 Å². The molecule has 4 heterocycles. The number of aryl methyl sites for hydroxylation is 1. The summed E-state index contributed by atoms with van der Waals surface area (Å²) in [5.41, 5.74) is 1.24. The number of anilines is 1. The number of nitrogens with one attached hydrogen (secondary N) is 1. The first-order chi connectivity index (χ1) is 16.5. The van der Waals surface area contributed by atoms with Crippen molar-refractivity contribution in [3.05, 3.63) is 29.6 Å². The Morgan fingerprint density at radius 1 is 1.26 bits per heavy atom. The molecular weight excluding hydrogens is 457 g/mol. The average molecular weight is 486 g/mol. The Kier molecular flexibility index (Phi) is 5.54. The van der Waals surface area contributed by atoms with Crippen LogP contribution >= 0.6 is 0 Å². The Bertz CT molecular complexity index is 1260. The van der Waals surface area contributed by atoms with Crippen LogP contribution in [0, 0.1) is 5.82 Å². The number of carbonyl (C=O) groups is 3. The van der Waals surface area contributed by atoms with Crippen LogP contribution < -0.4 is 10.2 Å². The first-order valence-electron chi connectivity index (χ1n) is 11.6. The lowest BCUT2D eigenvalue weighted by molar-refractivity contribution is -0.120. The van der Waals surface area contributed by atoms with E-state index in [4.69, 9.17) is 9.47 Å². The lowest BCUT2D eigenvalue weighted by Gasteiger charge is -2.44. The van der Waals surface area contributed by atoms with E-state index in [1.165, 1.54) is 11.0 Å². The van der Waals surface area contributed by atoms with Gasteiger partial charge >= 0.3 is 12.1 Å². The van der Waals surface area contributed by atoms with Gasteiger partial charge in [-0.1, -0.05) is 6.08 Å². The minimum absolute atomic E-state index is 0.149. The van der Waals surface area contributed by atoms with Gasteiger partial charge in [0.15, 0.2) is 5.82 Å². The molecule has 186 valence electrons. The number of fused-ring (bicyclic) bond motifs is 3. The summed E-state index contributed by atoms with van der Waals surface area (Å²) in [4.78, 5) is 39.7. The second kappa shape index (κ2) is 8.33. The van der Waals surface area contributed by atoms with Crippen LogP contribution in [0.4, 0.5) is 19.8 Å². The molecule has 2 saturated heterocycles. The third kappa shape index (κ3) is 4.24. The molecule has 2 fully saturated rings. The third-order valence-corrected chi connectivity index (χ3v) is 6.38. The van der Waals surface area contributed by atoms with E-state index in [0.717, 1.165) is 5.57 Å². The van der Waals surface area contributed by atoms with E-state index in [9.17, 15) is 14.4 Å². The summed E-state index contributed by atoms with van der Waals surface area (Å²) >= 11 is 0. The molecule has 1 N–H and O–H groups in total. The Morgan fingerprint density at radius 3 is 2.71 bits per heavy atom. The van der Waals surface area contributed by atoms with Crippen molar-refractivity contribution in [2.24, 2.45) is 7.05 Å². The Balaban J connectivity index is 1.49. The zero-order valence-corrected chi connectivity index (χ0v) is 20.1. The van der Waals surface area contributed by atoms with Gasteiger partial charge in [-0.15, -0.1) is 0 Å². The molecule has 5 rings (SSSR count). The van der Waals surface area contributed by atoms with Gasteiger partial charge in [0.05, 0.1) is 30.8 Å². The van der Waals surface area contributed by atoms with E-state index < -0.39 is 23.5 Å². The molecule has 0 radical (unpaired) electrons. The summed E-state index contributed by atoms with van der Waals surface area (Å²) in [6, 6.07) is 1.90. The second-order valence-electron chi connectivity index (χ2n) is 10.1. The molecule has 4 amide bonds. The Hall–Kier alpha value is -3.47. The summed E-state index contributed by atoms with van der Waals surface area (Å²) in [6.07, 6.45) is 2.03. The van der Waals surface area contributed by atoms with Gasteiger partial charge in [-0.05, 0) is 44.9 Å². The van der Waals surface area contributed by atoms with Gasteiger partial charge in [-0.3, -0.25) is 24.6 Å². The molecule has 3 aliphatic heterocycles. The topological polar surface area (TPSA) is 106 Å². The summed E-state index contributed by atoms with van der Waals surface area (Å²) in [7, 11) is 1.72. The van der Waals surface area contributed by atoms with Crippen LogP contribution in [0.15, 0.2) is 18.2 Å². The molecule has 2 unspecified atom stereocenters. The molecule has 2 aromatic rings. The first-order valence-corrected chi connectivity index (χ1v) is 11.6. The average Bonchev–Trinajstić information content (AvgIpc) is 3.06. The van der Waals surface area contributed by atoms with Crippen LogP contribution in [0.5, 0.6) is 0 Å². The van der Waals surface area contributed by atoms with Gasteiger partial charge in [0.25, 0.3) is 0 Å². The largest absolute Gasteiger partial charge is 0.444 e. The number of aromatic nitrogens is 2. The number of ether oxygens (including phenoxy) is 2. The minimum Gasteiger partial charge on any atom is -0.444 e. The molecule has 3 aliphatic rings.